The summed E-state index contributed by atoms with van der Waals surface area (Å²) < 4.78 is 4.40. The van der Waals surface area contributed by atoms with Crippen LogP contribution in [0.3, 0.4) is 0 Å². The van der Waals surface area contributed by atoms with Gasteiger partial charge in [-0.05, 0) is 32.4 Å². The van der Waals surface area contributed by atoms with Gasteiger partial charge in [-0.2, -0.15) is 0 Å². The normalized spacial score (nSPS) is 24.4. The maximum atomic E-state index is 11.7. The van der Waals surface area contributed by atoms with Gasteiger partial charge in [0.25, 0.3) is 0 Å². The van der Waals surface area contributed by atoms with Gasteiger partial charge in [0.05, 0.1) is 12.5 Å². The van der Waals surface area contributed by atoms with Crippen LogP contribution in [-0.4, -0.2) is 21.9 Å². The van der Waals surface area contributed by atoms with E-state index in [4.69, 9.17) is 27.6 Å². The van der Waals surface area contributed by atoms with Gasteiger partial charge in [0.15, 0.2) is 0 Å². The van der Waals surface area contributed by atoms with E-state index in [1.54, 1.807) is 26.0 Å². The van der Waals surface area contributed by atoms with Crippen LogP contribution in [0, 0.1) is 12.8 Å². The minimum atomic E-state index is -1.25. The fourth-order valence-electron chi connectivity index (χ4n) is 1.69. The first-order valence-electron chi connectivity index (χ1n) is 5.67. The molecule has 0 aromatic carbocycles. The van der Waals surface area contributed by atoms with Gasteiger partial charge in [0.1, 0.15) is 21.5 Å². The Balaban J connectivity index is 1.91. The molecule has 2 N–H and O–H groups in total. The first-order chi connectivity index (χ1) is 8.22. The Labute approximate surface area is 115 Å². The van der Waals surface area contributed by atoms with Crippen LogP contribution in [0.5, 0.6) is 0 Å². The average Bonchev–Trinajstić information content (AvgIpc) is 2.70. The van der Waals surface area contributed by atoms with Crippen LogP contribution in [0.2, 0.25) is 0 Å². The number of rotatable bonds is 4. The number of hydrogen-bond donors (Lipinski definition) is 2. The van der Waals surface area contributed by atoms with Crippen molar-refractivity contribution in [3.8, 4) is 0 Å². The third-order valence-electron chi connectivity index (χ3n) is 3.02. The highest BCUT2D eigenvalue weighted by Gasteiger charge is 2.56. The zero-order valence-corrected chi connectivity index (χ0v) is 11.7. The number of furan rings is 1. The Morgan fingerprint density at radius 2 is 2.28 bits per heavy atom. The number of nitrogens with one attached hydrogen (secondary N) is 1. The summed E-state index contributed by atoms with van der Waals surface area (Å²) in [6.07, 6.45) is 0.448. The SMILES string of the molecule is Cc1ccc(C(C)(O)CNC(=O)C2CC2(Cl)Cl)o1. The molecule has 0 radical (unpaired) electrons. The molecule has 6 heteroatoms. The summed E-state index contributed by atoms with van der Waals surface area (Å²) in [4.78, 5) is 11.7. The topological polar surface area (TPSA) is 62.5 Å². The molecule has 0 spiro atoms. The number of alkyl halides is 2. The van der Waals surface area contributed by atoms with Crippen molar-refractivity contribution in [1.29, 1.82) is 0 Å². The first-order valence-corrected chi connectivity index (χ1v) is 6.43. The fourth-order valence-corrected chi connectivity index (χ4v) is 2.20. The van der Waals surface area contributed by atoms with Gasteiger partial charge in [-0.3, -0.25) is 4.79 Å². The molecule has 1 aromatic rings. The van der Waals surface area contributed by atoms with Crippen molar-refractivity contribution in [1.82, 2.24) is 5.32 Å². The average molecular weight is 292 g/mol. The second-order valence-electron chi connectivity index (χ2n) is 4.92. The lowest BCUT2D eigenvalue weighted by atomic mass is 10.0. The molecule has 100 valence electrons. The summed E-state index contributed by atoms with van der Waals surface area (Å²) in [6.45, 7) is 3.42. The van der Waals surface area contributed by atoms with Crippen LogP contribution in [0.25, 0.3) is 0 Å². The minimum absolute atomic E-state index is 0.0547. The number of amides is 1. The Hall–Kier alpha value is -0.710. The van der Waals surface area contributed by atoms with E-state index in [1.807, 2.05) is 0 Å². The Bertz CT molecular complexity index is 468. The van der Waals surface area contributed by atoms with Gasteiger partial charge in [-0.1, -0.05) is 0 Å². The highest BCUT2D eigenvalue weighted by Crippen LogP contribution is 2.53. The third kappa shape index (κ3) is 2.82. The zero-order chi connectivity index (χ0) is 13.6. The summed E-state index contributed by atoms with van der Waals surface area (Å²) in [5.74, 6) is 0.483. The summed E-state index contributed by atoms with van der Waals surface area (Å²) >= 11 is 11.6. The lowest BCUT2D eigenvalue weighted by Crippen LogP contribution is -2.39. The van der Waals surface area contributed by atoms with Crippen LogP contribution in [0.1, 0.15) is 24.9 Å². The van der Waals surface area contributed by atoms with E-state index in [0.717, 1.165) is 0 Å². The predicted octanol–water partition coefficient (Wildman–Crippen LogP) is 2.11. The molecule has 2 unspecified atom stereocenters. The van der Waals surface area contributed by atoms with Gasteiger partial charge in [-0.15, -0.1) is 23.2 Å². The molecule has 2 rings (SSSR count). The largest absolute Gasteiger partial charge is 0.463 e. The second kappa shape index (κ2) is 4.44. The van der Waals surface area contributed by atoms with Gasteiger partial charge in [0.2, 0.25) is 5.91 Å². The quantitative estimate of drug-likeness (QED) is 0.835. The van der Waals surface area contributed by atoms with Gasteiger partial charge < -0.3 is 14.8 Å². The molecule has 1 amide bonds. The van der Waals surface area contributed by atoms with E-state index in [9.17, 15) is 9.90 Å². The number of aliphatic hydroxyl groups is 1. The molecule has 4 nitrogen and oxygen atoms in total. The molecule has 1 aliphatic carbocycles. The molecule has 0 bridgehead atoms. The smallest absolute Gasteiger partial charge is 0.226 e. The molecular weight excluding hydrogens is 277 g/mol. The highest BCUT2D eigenvalue weighted by atomic mass is 35.5. The molecular formula is C12H15Cl2NO3. The second-order valence-corrected chi connectivity index (χ2v) is 6.46. The summed E-state index contributed by atoms with van der Waals surface area (Å²) in [5.41, 5.74) is -1.25. The summed E-state index contributed by atoms with van der Waals surface area (Å²) in [7, 11) is 0. The van der Waals surface area contributed by atoms with Gasteiger partial charge >= 0.3 is 0 Å². The number of carbonyl (C=O) groups is 1. The highest BCUT2D eigenvalue weighted by molar-refractivity contribution is 6.52. The van der Waals surface area contributed by atoms with Crippen LogP contribution in [-0.2, 0) is 10.4 Å². The summed E-state index contributed by atoms with van der Waals surface area (Å²) in [6, 6.07) is 3.45. The molecule has 2 atom stereocenters. The zero-order valence-electron chi connectivity index (χ0n) is 10.2. The molecule has 1 aliphatic rings. The number of aryl methyl sites for hydroxylation is 1. The Morgan fingerprint density at radius 1 is 1.67 bits per heavy atom. The molecule has 18 heavy (non-hydrogen) atoms. The van der Waals surface area contributed by atoms with Crippen molar-refractivity contribution in [2.75, 3.05) is 6.54 Å². The maximum Gasteiger partial charge on any atom is 0.226 e. The molecule has 1 fully saturated rings. The third-order valence-corrected chi connectivity index (χ3v) is 3.86. The first kappa shape index (κ1) is 13.7. The minimum Gasteiger partial charge on any atom is -0.463 e. The van der Waals surface area contributed by atoms with Crippen molar-refractivity contribution >= 4 is 29.1 Å². The van der Waals surface area contributed by atoms with Crippen molar-refractivity contribution in [3.05, 3.63) is 23.7 Å². The molecule has 1 aromatic heterocycles. The van der Waals surface area contributed by atoms with E-state index < -0.39 is 15.9 Å². The van der Waals surface area contributed by atoms with E-state index in [1.165, 1.54) is 0 Å². The molecule has 0 aliphatic heterocycles. The van der Waals surface area contributed by atoms with Gasteiger partial charge in [-0.25, -0.2) is 0 Å². The van der Waals surface area contributed by atoms with Crippen LogP contribution in [0.4, 0.5) is 0 Å². The number of hydrogen-bond acceptors (Lipinski definition) is 3. The number of halogens is 2. The van der Waals surface area contributed by atoms with Crippen molar-refractivity contribution in [2.24, 2.45) is 5.92 Å². The van der Waals surface area contributed by atoms with Crippen molar-refractivity contribution < 1.29 is 14.3 Å². The van der Waals surface area contributed by atoms with Gasteiger partial charge in [0, 0.05) is 0 Å². The van der Waals surface area contributed by atoms with E-state index in [0.29, 0.717) is 17.9 Å². The monoisotopic (exact) mass is 291 g/mol. The molecule has 0 saturated heterocycles. The van der Waals surface area contributed by atoms with Crippen LogP contribution >= 0.6 is 23.2 Å². The molecule has 1 heterocycles. The van der Waals surface area contributed by atoms with Crippen molar-refractivity contribution in [2.45, 2.75) is 30.2 Å². The predicted molar refractivity (Wildman–Crippen MR) is 68.6 cm³/mol. The van der Waals surface area contributed by atoms with Crippen molar-refractivity contribution in [3.63, 3.8) is 0 Å². The fraction of sp³-hybridized carbons (Fsp3) is 0.583. The standard InChI is InChI=1S/C12H15Cl2NO3/c1-7-3-4-9(18-7)11(2,17)6-15-10(16)8-5-12(8,13)14/h3-4,8,17H,5-6H2,1-2H3,(H,15,16). The van der Waals surface area contributed by atoms with E-state index in [-0.39, 0.29) is 12.5 Å². The van der Waals surface area contributed by atoms with Crippen LogP contribution in [0.15, 0.2) is 16.5 Å². The number of carbonyl (C=O) groups excluding carboxylic acids is 1. The van der Waals surface area contributed by atoms with E-state index >= 15 is 0 Å². The Morgan fingerprint density at radius 3 is 2.72 bits per heavy atom. The van der Waals surface area contributed by atoms with E-state index in [2.05, 4.69) is 5.32 Å². The summed E-state index contributed by atoms with van der Waals surface area (Å²) in [5, 5.41) is 12.8. The maximum absolute atomic E-state index is 11.7. The van der Waals surface area contributed by atoms with Crippen LogP contribution < -0.4 is 5.32 Å². The lowest BCUT2D eigenvalue weighted by Gasteiger charge is -2.21. The molecule has 1 saturated carbocycles. The lowest BCUT2D eigenvalue weighted by molar-refractivity contribution is -0.123. The Kier molecular flexibility index (Phi) is 3.38.